The highest BCUT2D eigenvalue weighted by molar-refractivity contribution is 5.86. The molecule has 0 aliphatic carbocycles. The number of aliphatic hydroxyl groups excluding tert-OH is 1. The summed E-state index contributed by atoms with van der Waals surface area (Å²) in [6, 6.07) is 9.20. The Morgan fingerprint density at radius 1 is 1.24 bits per heavy atom. The third kappa shape index (κ3) is 8.91. The van der Waals surface area contributed by atoms with Crippen molar-refractivity contribution in [1.82, 2.24) is 10.6 Å². The van der Waals surface area contributed by atoms with Gasteiger partial charge < -0.3 is 20.5 Å². The molecule has 1 aromatic rings. The molecule has 1 aliphatic rings. The van der Waals surface area contributed by atoms with Crippen molar-refractivity contribution in [3.63, 3.8) is 0 Å². The van der Waals surface area contributed by atoms with Crippen molar-refractivity contribution in [3.8, 4) is 0 Å². The first-order valence-corrected chi connectivity index (χ1v) is 10.1. The molecule has 2 unspecified atom stereocenters. The van der Waals surface area contributed by atoms with Crippen LogP contribution in [0.2, 0.25) is 0 Å². The van der Waals surface area contributed by atoms with Gasteiger partial charge in [0.1, 0.15) is 6.61 Å². The average molecular weight is 402 g/mol. The van der Waals surface area contributed by atoms with Crippen LogP contribution < -0.4 is 10.6 Å². The van der Waals surface area contributed by atoms with Gasteiger partial charge in [-0.05, 0) is 31.2 Å². The molecule has 1 aromatic carbocycles. The third-order valence-corrected chi connectivity index (χ3v) is 4.72. The second-order valence-electron chi connectivity index (χ2n) is 7.15. The number of esters is 1. The molecular formula is C22H30N2O5. The molecule has 1 aliphatic heterocycles. The van der Waals surface area contributed by atoms with Crippen molar-refractivity contribution in [1.29, 1.82) is 0 Å². The van der Waals surface area contributed by atoms with E-state index in [-0.39, 0.29) is 44.0 Å². The first-order chi connectivity index (χ1) is 14.1. The standard InChI is InChI=1S/C22H30N2O5/c25-16-19(14-17-8-4-3-5-9-17)24-20(26)15-18-10-6-1-2-7-11-21(27)29-13-12-23-22(18)28/h1,3-6,8-9,18-19,25H,2,7,10-16H2,(H,23,28)(H,24,26). The molecule has 2 amide bonds. The van der Waals surface area contributed by atoms with Crippen LogP contribution >= 0.6 is 0 Å². The molecule has 2 atom stereocenters. The van der Waals surface area contributed by atoms with Gasteiger partial charge in [0.15, 0.2) is 0 Å². The molecule has 3 N–H and O–H groups in total. The predicted octanol–water partition coefficient (Wildman–Crippen LogP) is 1.50. The lowest BCUT2D eigenvalue weighted by Crippen LogP contribution is -2.42. The summed E-state index contributed by atoms with van der Waals surface area (Å²) < 4.78 is 5.06. The minimum atomic E-state index is -0.515. The van der Waals surface area contributed by atoms with E-state index in [0.29, 0.717) is 25.7 Å². The van der Waals surface area contributed by atoms with Crippen LogP contribution in [0.5, 0.6) is 0 Å². The maximum atomic E-state index is 12.5. The Hall–Kier alpha value is -2.67. The van der Waals surface area contributed by atoms with Crippen LogP contribution in [0.15, 0.2) is 42.5 Å². The second-order valence-corrected chi connectivity index (χ2v) is 7.15. The maximum Gasteiger partial charge on any atom is 0.305 e. The zero-order valence-corrected chi connectivity index (χ0v) is 16.6. The fraction of sp³-hybridized carbons (Fsp3) is 0.500. The molecular weight excluding hydrogens is 372 g/mol. The second kappa shape index (κ2) is 12.7. The Kier molecular flexibility index (Phi) is 9.92. The molecule has 0 aromatic heterocycles. The zero-order chi connectivity index (χ0) is 20.9. The van der Waals surface area contributed by atoms with E-state index in [1.165, 1.54) is 0 Å². The Labute approximate surface area is 171 Å². The molecule has 0 spiro atoms. The molecule has 0 bridgehead atoms. The summed E-state index contributed by atoms with van der Waals surface area (Å²) >= 11 is 0. The van der Waals surface area contributed by atoms with Crippen LogP contribution in [-0.4, -0.2) is 48.7 Å². The number of carbonyl (C=O) groups is 3. The van der Waals surface area contributed by atoms with E-state index in [1.54, 1.807) is 0 Å². The number of rotatable bonds is 6. The fourth-order valence-electron chi connectivity index (χ4n) is 3.15. The van der Waals surface area contributed by atoms with Gasteiger partial charge in [0.25, 0.3) is 0 Å². The Bertz CT molecular complexity index is 690. The molecule has 1 heterocycles. The number of ether oxygens (including phenoxy) is 1. The number of amides is 2. The number of aliphatic hydroxyl groups is 1. The van der Waals surface area contributed by atoms with Crippen LogP contribution in [0.3, 0.4) is 0 Å². The van der Waals surface area contributed by atoms with Crippen molar-refractivity contribution < 1.29 is 24.2 Å². The maximum absolute atomic E-state index is 12.5. The lowest BCUT2D eigenvalue weighted by Gasteiger charge is -2.19. The summed E-state index contributed by atoms with van der Waals surface area (Å²) in [5.74, 6) is -1.30. The molecule has 158 valence electrons. The van der Waals surface area contributed by atoms with Gasteiger partial charge in [0.05, 0.1) is 25.1 Å². The van der Waals surface area contributed by atoms with Gasteiger partial charge in [-0.1, -0.05) is 42.5 Å². The monoisotopic (exact) mass is 402 g/mol. The van der Waals surface area contributed by atoms with Crippen LogP contribution in [0.25, 0.3) is 0 Å². The number of hydrogen-bond acceptors (Lipinski definition) is 5. The summed E-state index contributed by atoms with van der Waals surface area (Å²) in [7, 11) is 0. The number of hydrogen-bond donors (Lipinski definition) is 3. The van der Waals surface area contributed by atoms with Gasteiger partial charge in [-0.25, -0.2) is 0 Å². The third-order valence-electron chi connectivity index (χ3n) is 4.72. The van der Waals surface area contributed by atoms with Crippen LogP contribution in [0, 0.1) is 5.92 Å². The molecule has 7 heteroatoms. The summed E-state index contributed by atoms with van der Waals surface area (Å²) in [6.07, 6.45) is 6.57. The highest BCUT2D eigenvalue weighted by Crippen LogP contribution is 2.12. The number of benzene rings is 1. The number of nitrogens with one attached hydrogen (secondary N) is 2. The summed E-state index contributed by atoms with van der Waals surface area (Å²) in [5, 5.41) is 15.2. The molecule has 7 nitrogen and oxygen atoms in total. The Morgan fingerprint density at radius 2 is 2.03 bits per heavy atom. The molecule has 0 saturated heterocycles. The highest BCUT2D eigenvalue weighted by Gasteiger charge is 2.22. The van der Waals surface area contributed by atoms with E-state index in [9.17, 15) is 19.5 Å². The SMILES string of the molecule is O=C(CC1CC=CCCCC(=O)OCCNC1=O)NC(CO)Cc1ccccc1. The van der Waals surface area contributed by atoms with Crippen molar-refractivity contribution >= 4 is 17.8 Å². The summed E-state index contributed by atoms with van der Waals surface area (Å²) in [4.78, 5) is 36.5. The van der Waals surface area contributed by atoms with Crippen molar-refractivity contribution in [3.05, 3.63) is 48.0 Å². The van der Waals surface area contributed by atoms with Crippen LogP contribution in [0.4, 0.5) is 0 Å². The molecule has 2 rings (SSSR count). The summed E-state index contributed by atoms with van der Waals surface area (Å²) in [5.41, 5.74) is 1.02. The smallest absolute Gasteiger partial charge is 0.305 e. The number of allylic oxidation sites excluding steroid dienone is 2. The van der Waals surface area contributed by atoms with Crippen LogP contribution in [-0.2, 0) is 25.5 Å². The van der Waals surface area contributed by atoms with Gasteiger partial charge in [0, 0.05) is 12.8 Å². The lowest BCUT2D eigenvalue weighted by molar-refractivity contribution is -0.144. The number of carbonyl (C=O) groups excluding carboxylic acids is 3. The van der Waals surface area contributed by atoms with E-state index in [0.717, 1.165) is 12.0 Å². The van der Waals surface area contributed by atoms with Crippen molar-refractivity contribution in [2.24, 2.45) is 5.92 Å². The van der Waals surface area contributed by atoms with E-state index in [1.807, 2.05) is 42.5 Å². The van der Waals surface area contributed by atoms with Gasteiger partial charge in [0.2, 0.25) is 11.8 Å². The van der Waals surface area contributed by atoms with E-state index >= 15 is 0 Å². The molecule has 0 fully saturated rings. The fourth-order valence-corrected chi connectivity index (χ4v) is 3.15. The first kappa shape index (κ1) is 22.6. The van der Waals surface area contributed by atoms with Gasteiger partial charge in [-0.3, -0.25) is 14.4 Å². The quantitative estimate of drug-likeness (QED) is 0.494. The van der Waals surface area contributed by atoms with E-state index in [2.05, 4.69) is 10.6 Å². The number of cyclic esters (lactones) is 1. The topological polar surface area (TPSA) is 105 Å². The predicted molar refractivity (Wildman–Crippen MR) is 109 cm³/mol. The normalized spacial score (nSPS) is 19.7. The minimum absolute atomic E-state index is 0.0290. The molecule has 0 saturated carbocycles. The van der Waals surface area contributed by atoms with Gasteiger partial charge in [-0.2, -0.15) is 0 Å². The lowest BCUT2D eigenvalue weighted by atomic mass is 9.98. The molecule has 0 radical (unpaired) electrons. The van der Waals surface area contributed by atoms with E-state index in [4.69, 9.17) is 4.74 Å². The van der Waals surface area contributed by atoms with Crippen molar-refractivity contribution in [2.45, 2.75) is 44.6 Å². The van der Waals surface area contributed by atoms with Gasteiger partial charge in [-0.15, -0.1) is 0 Å². The van der Waals surface area contributed by atoms with E-state index < -0.39 is 12.0 Å². The van der Waals surface area contributed by atoms with Gasteiger partial charge >= 0.3 is 5.97 Å². The zero-order valence-electron chi connectivity index (χ0n) is 16.6. The summed E-state index contributed by atoms with van der Waals surface area (Å²) in [6.45, 7) is 0.170. The highest BCUT2D eigenvalue weighted by atomic mass is 16.5. The largest absolute Gasteiger partial charge is 0.464 e. The first-order valence-electron chi connectivity index (χ1n) is 10.1. The van der Waals surface area contributed by atoms with Crippen molar-refractivity contribution in [2.75, 3.05) is 19.8 Å². The average Bonchev–Trinajstić information content (AvgIpc) is 2.73. The Balaban J connectivity index is 1.91. The molecule has 29 heavy (non-hydrogen) atoms. The Morgan fingerprint density at radius 3 is 2.79 bits per heavy atom. The minimum Gasteiger partial charge on any atom is -0.464 e. The van der Waals surface area contributed by atoms with Crippen LogP contribution in [0.1, 0.15) is 37.7 Å².